The molecule has 1 aliphatic rings. The molecule has 2 rings (SSSR count). The van der Waals surface area contributed by atoms with Gasteiger partial charge in [-0.3, -0.25) is 4.98 Å². The fraction of sp³-hybridized carbons (Fsp3) is 0.455. The van der Waals surface area contributed by atoms with Gasteiger partial charge >= 0.3 is 6.09 Å². The maximum atomic E-state index is 11.4. The SMILES string of the molecule is NCC1CN(CCc2ccccn2)C(=O)O1. The predicted molar refractivity (Wildman–Crippen MR) is 58.8 cm³/mol. The molecule has 0 saturated carbocycles. The Kier molecular flexibility index (Phi) is 3.36. The van der Waals surface area contributed by atoms with Crippen molar-refractivity contribution in [1.29, 1.82) is 0 Å². The fourth-order valence-corrected chi connectivity index (χ4v) is 1.68. The molecule has 0 spiro atoms. The van der Waals surface area contributed by atoms with Crippen LogP contribution in [0.1, 0.15) is 5.69 Å². The van der Waals surface area contributed by atoms with Crippen molar-refractivity contribution < 1.29 is 9.53 Å². The highest BCUT2D eigenvalue weighted by Gasteiger charge is 2.29. The first-order chi connectivity index (χ1) is 7.79. The Morgan fingerprint density at radius 1 is 1.56 bits per heavy atom. The van der Waals surface area contributed by atoms with Gasteiger partial charge in [-0.15, -0.1) is 0 Å². The number of aromatic nitrogens is 1. The van der Waals surface area contributed by atoms with Crippen molar-refractivity contribution in [3.8, 4) is 0 Å². The van der Waals surface area contributed by atoms with Crippen LogP contribution in [0.15, 0.2) is 24.4 Å². The van der Waals surface area contributed by atoms with E-state index in [0.717, 1.165) is 12.1 Å². The number of hydrogen-bond donors (Lipinski definition) is 1. The number of rotatable bonds is 4. The zero-order chi connectivity index (χ0) is 11.4. The lowest BCUT2D eigenvalue weighted by Crippen LogP contribution is -2.29. The Labute approximate surface area is 94.2 Å². The number of carbonyl (C=O) groups is 1. The number of ether oxygens (including phenoxy) is 1. The van der Waals surface area contributed by atoms with Crippen molar-refractivity contribution in [2.45, 2.75) is 12.5 Å². The van der Waals surface area contributed by atoms with Gasteiger partial charge < -0.3 is 15.4 Å². The zero-order valence-electron chi connectivity index (χ0n) is 9.00. The summed E-state index contributed by atoms with van der Waals surface area (Å²) in [6.45, 7) is 1.60. The molecule has 2 heterocycles. The third-order valence-corrected chi connectivity index (χ3v) is 2.58. The molecule has 1 aliphatic heterocycles. The van der Waals surface area contributed by atoms with Crippen LogP contribution >= 0.6 is 0 Å². The molecule has 5 nitrogen and oxygen atoms in total. The fourth-order valence-electron chi connectivity index (χ4n) is 1.68. The van der Waals surface area contributed by atoms with E-state index in [-0.39, 0.29) is 12.2 Å². The third-order valence-electron chi connectivity index (χ3n) is 2.58. The molecule has 1 fully saturated rings. The summed E-state index contributed by atoms with van der Waals surface area (Å²) in [6, 6.07) is 5.76. The van der Waals surface area contributed by atoms with Gasteiger partial charge in [-0.05, 0) is 12.1 Å². The second-order valence-electron chi connectivity index (χ2n) is 3.76. The first kappa shape index (κ1) is 10.9. The summed E-state index contributed by atoms with van der Waals surface area (Å²) in [7, 11) is 0. The van der Waals surface area contributed by atoms with Crippen LogP contribution in [0, 0.1) is 0 Å². The molecule has 16 heavy (non-hydrogen) atoms. The summed E-state index contributed by atoms with van der Waals surface area (Å²) in [4.78, 5) is 17.3. The molecule has 0 bridgehead atoms. The molecule has 1 aromatic rings. The van der Waals surface area contributed by atoms with Crippen molar-refractivity contribution in [2.75, 3.05) is 19.6 Å². The number of cyclic esters (lactones) is 1. The number of carbonyl (C=O) groups excluding carboxylic acids is 1. The minimum atomic E-state index is -0.272. The van der Waals surface area contributed by atoms with Crippen LogP contribution in [0.2, 0.25) is 0 Å². The van der Waals surface area contributed by atoms with E-state index in [1.54, 1.807) is 11.1 Å². The van der Waals surface area contributed by atoms with Crippen molar-refractivity contribution in [2.24, 2.45) is 5.73 Å². The van der Waals surface area contributed by atoms with E-state index in [1.165, 1.54) is 0 Å². The molecule has 0 radical (unpaired) electrons. The van der Waals surface area contributed by atoms with Gasteiger partial charge in [0, 0.05) is 31.4 Å². The first-order valence-electron chi connectivity index (χ1n) is 5.35. The minimum Gasteiger partial charge on any atom is -0.443 e. The molecule has 0 aliphatic carbocycles. The van der Waals surface area contributed by atoms with Crippen molar-refractivity contribution in [3.05, 3.63) is 30.1 Å². The molecule has 2 N–H and O–H groups in total. The van der Waals surface area contributed by atoms with Crippen molar-refractivity contribution in [3.63, 3.8) is 0 Å². The Morgan fingerprint density at radius 2 is 2.44 bits per heavy atom. The molecule has 1 atom stereocenters. The number of amides is 1. The van der Waals surface area contributed by atoms with Gasteiger partial charge in [-0.1, -0.05) is 6.07 Å². The van der Waals surface area contributed by atoms with Crippen LogP contribution in [0.25, 0.3) is 0 Å². The van der Waals surface area contributed by atoms with Crippen LogP contribution in [-0.4, -0.2) is 41.7 Å². The number of hydrogen-bond acceptors (Lipinski definition) is 4. The van der Waals surface area contributed by atoms with E-state index >= 15 is 0 Å². The van der Waals surface area contributed by atoms with Gasteiger partial charge in [-0.2, -0.15) is 0 Å². The molecule has 86 valence electrons. The molecular formula is C11H15N3O2. The van der Waals surface area contributed by atoms with Crippen molar-refractivity contribution in [1.82, 2.24) is 9.88 Å². The lowest BCUT2D eigenvalue weighted by molar-refractivity contribution is 0.135. The second-order valence-corrected chi connectivity index (χ2v) is 3.76. The predicted octanol–water partition coefficient (Wildman–Crippen LogP) is 0.404. The van der Waals surface area contributed by atoms with Crippen LogP contribution in [-0.2, 0) is 11.2 Å². The zero-order valence-corrected chi connectivity index (χ0v) is 9.00. The van der Waals surface area contributed by atoms with Gasteiger partial charge in [0.25, 0.3) is 0 Å². The van der Waals surface area contributed by atoms with E-state index in [0.29, 0.717) is 19.6 Å². The third kappa shape index (κ3) is 2.49. The average Bonchev–Trinajstić information content (AvgIpc) is 2.69. The topological polar surface area (TPSA) is 68.5 Å². The van der Waals surface area contributed by atoms with Crippen LogP contribution in [0.3, 0.4) is 0 Å². The summed E-state index contributed by atoms with van der Waals surface area (Å²) in [5, 5.41) is 0. The molecule has 1 saturated heterocycles. The Hall–Kier alpha value is -1.62. The van der Waals surface area contributed by atoms with E-state index in [2.05, 4.69) is 4.98 Å². The van der Waals surface area contributed by atoms with Crippen molar-refractivity contribution >= 4 is 6.09 Å². The summed E-state index contributed by atoms with van der Waals surface area (Å²) < 4.78 is 5.05. The Morgan fingerprint density at radius 3 is 3.06 bits per heavy atom. The number of nitrogens with two attached hydrogens (primary N) is 1. The number of pyridine rings is 1. The largest absolute Gasteiger partial charge is 0.443 e. The van der Waals surface area contributed by atoms with Crippen LogP contribution < -0.4 is 5.73 Å². The minimum absolute atomic E-state index is 0.156. The Bertz CT molecular complexity index is 356. The molecule has 1 amide bonds. The second kappa shape index (κ2) is 4.94. The Balaban J connectivity index is 1.85. The molecule has 1 unspecified atom stereocenters. The van der Waals surface area contributed by atoms with Gasteiger partial charge in [0.05, 0.1) is 6.54 Å². The van der Waals surface area contributed by atoms with Gasteiger partial charge in [0.1, 0.15) is 6.10 Å². The molecule has 5 heteroatoms. The smallest absolute Gasteiger partial charge is 0.410 e. The molecular weight excluding hydrogens is 206 g/mol. The van der Waals surface area contributed by atoms with Gasteiger partial charge in [0.15, 0.2) is 0 Å². The van der Waals surface area contributed by atoms with Crippen LogP contribution in [0.5, 0.6) is 0 Å². The van der Waals surface area contributed by atoms with E-state index in [1.807, 2.05) is 18.2 Å². The van der Waals surface area contributed by atoms with Gasteiger partial charge in [0.2, 0.25) is 0 Å². The van der Waals surface area contributed by atoms with E-state index in [9.17, 15) is 4.79 Å². The normalized spacial score (nSPS) is 19.9. The first-order valence-corrected chi connectivity index (χ1v) is 5.35. The van der Waals surface area contributed by atoms with E-state index < -0.39 is 0 Å². The van der Waals surface area contributed by atoms with Crippen LogP contribution in [0.4, 0.5) is 4.79 Å². The summed E-state index contributed by atoms with van der Waals surface area (Å²) in [5.41, 5.74) is 6.43. The maximum absolute atomic E-state index is 11.4. The summed E-state index contributed by atoms with van der Waals surface area (Å²) in [5.74, 6) is 0. The summed E-state index contributed by atoms with van der Waals surface area (Å²) >= 11 is 0. The van der Waals surface area contributed by atoms with E-state index in [4.69, 9.17) is 10.5 Å². The van der Waals surface area contributed by atoms with Gasteiger partial charge in [-0.25, -0.2) is 4.79 Å². The quantitative estimate of drug-likeness (QED) is 0.799. The summed E-state index contributed by atoms with van der Waals surface area (Å²) in [6.07, 6.45) is 2.07. The lowest BCUT2D eigenvalue weighted by Gasteiger charge is -2.11. The maximum Gasteiger partial charge on any atom is 0.410 e. The standard InChI is InChI=1S/C11H15N3O2/c12-7-10-8-14(11(15)16-10)6-4-9-3-1-2-5-13-9/h1-3,5,10H,4,6-8,12H2. The lowest BCUT2D eigenvalue weighted by atomic mass is 10.2. The highest BCUT2D eigenvalue weighted by molar-refractivity contribution is 5.69. The number of nitrogens with zero attached hydrogens (tertiary/aromatic N) is 2. The monoisotopic (exact) mass is 221 g/mol. The molecule has 1 aromatic heterocycles. The average molecular weight is 221 g/mol. The highest BCUT2D eigenvalue weighted by atomic mass is 16.6. The molecule has 0 aromatic carbocycles. The highest BCUT2D eigenvalue weighted by Crippen LogP contribution is 2.10.